The number of hydrogen-bond donors (Lipinski definition) is 0. The molecule has 1 atom stereocenters. The molecule has 1 rings (SSSR count). The minimum absolute atomic E-state index is 0.824. The lowest BCUT2D eigenvalue weighted by Gasteiger charge is -2.08. The molecule has 0 amide bonds. The van der Waals surface area contributed by atoms with Crippen molar-refractivity contribution in [1.82, 2.24) is 0 Å². The average molecular weight is 249 g/mol. The summed E-state index contributed by atoms with van der Waals surface area (Å²) >= 11 is 3.25. The summed E-state index contributed by atoms with van der Waals surface area (Å²) < 4.78 is 10.3. The fourth-order valence-corrected chi connectivity index (χ4v) is 1.58. The molecule has 1 aromatic carbocycles. The molecule has 0 saturated carbocycles. The van der Waals surface area contributed by atoms with E-state index in [2.05, 4.69) is 15.5 Å². The van der Waals surface area contributed by atoms with Gasteiger partial charge < -0.3 is 9.05 Å². The Hall–Kier alpha value is -0.110. The number of rotatable bonds is 3. The Bertz CT molecular complexity index is 237. The van der Waals surface area contributed by atoms with Crippen LogP contribution in [-0.4, -0.2) is 7.11 Å². The number of aryl methyl sites for hydroxylation is 1. The van der Waals surface area contributed by atoms with Crippen LogP contribution in [0.25, 0.3) is 0 Å². The van der Waals surface area contributed by atoms with Crippen molar-refractivity contribution in [2.75, 3.05) is 7.11 Å². The highest BCUT2D eigenvalue weighted by Crippen LogP contribution is 2.45. The van der Waals surface area contributed by atoms with Crippen LogP contribution in [0.15, 0.2) is 24.3 Å². The molecule has 0 aromatic heterocycles. The zero-order valence-electron chi connectivity index (χ0n) is 6.95. The highest BCUT2D eigenvalue weighted by molar-refractivity contribution is 9.38. The maximum absolute atomic E-state index is 5.38. The first-order chi connectivity index (χ1) is 5.72. The first-order valence-corrected chi connectivity index (χ1v) is 6.66. The van der Waals surface area contributed by atoms with Gasteiger partial charge in [-0.2, -0.15) is 0 Å². The Labute approximate surface area is 81.5 Å². The van der Waals surface area contributed by atoms with Crippen molar-refractivity contribution in [3.63, 3.8) is 0 Å². The average Bonchev–Trinajstić information content (AvgIpc) is 2.09. The van der Waals surface area contributed by atoms with Gasteiger partial charge in [0, 0.05) is 22.6 Å². The summed E-state index contributed by atoms with van der Waals surface area (Å²) in [5.74, 6) is 0.824. The molecule has 0 N–H and O–H groups in total. The van der Waals surface area contributed by atoms with Crippen molar-refractivity contribution in [3.05, 3.63) is 29.8 Å². The zero-order valence-corrected chi connectivity index (χ0v) is 9.43. The SMILES string of the molecule is COP(Br)Oc1ccc(C)cc1. The molecule has 0 aliphatic carbocycles. The van der Waals surface area contributed by atoms with E-state index >= 15 is 0 Å². The van der Waals surface area contributed by atoms with Crippen molar-refractivity contribution in [2.45, 2.75) is 6.92 Å². The predicted octanol–water partition coefficient (Wildman–Crippen LogP) is 3.64. The standard InChI is InChI=1S/C8H10BrO2P/c1-7-3-5-8(6-4-7)11-12(9)10-2/h3-6H,1-2H3. The molecule has 0 radical (unpaired) electrons. The summed E-state index contributed by atoms with van der Waals surface area (Å²) in [6.07, 6.45) is 0. The van der Waals surface area contributed by atoms with Gasteiger partial charge in [-0.3, -0.25) is 0 Å². The van der Waals surface area contributed by atoms with Gasteiger partial charge in [0.15, 0.2) is 0 Å². The Morgan fingerprint density at radius 3 is 2.33 bits per heavy atom. The fraction of sp³-hybridized carbons (Fsp3) is 0.250. The lowest BCUT2D eigenvalue weighted by molar-refractivity contribution is 0.412. The summed E-state index contributed by atoms with van der Waals surface area (Å²) in [5.41, 5.74) is 1.22. The van der Waals surface area contributed by atoms with Gasteiger partial charge in [0.25, 0.3) is 0 Å². The molecular formula is C8H10BrO2P. The normalized spacial score (nSPS) is 12.6. The smallest absolute Gasteiger partial charge is 0.306 e. The third-order valence-electron chi connectivity index (χ3n) is 1.34. The second kappa shape index (κ2) is 4.80. The van der Waals surface area contributed by atoms with E-state index in [4.69, 9.17) is 9.05 Å². The predicted molar refractivity (Wildman–Crippen MR) is 54.7 cm³/mol. The van der Waals surface area contributed by atoms with Crippen molar-refractivity contribution >= 4 is 22.6 Å². The van der Waals surface area contributed by atoms with Gasteiger partial charge in [0.1, 0.15) is 5.75 Å². The summed E-state index contributed by atoms with van der Waals surface area (Å²) in [6, 6.07) is 7.85. The quantitative estimate of drug-likeness (QED) is 0.761. The monoisotopic (exact) mass is 248 g/mol. The molecule has 0 saturated heterocycles. The highest BCUT2D eigenvalue weighted by Gasteiger charge is 2.03. The Kier molecular flexibility index (Phi) is 3.99. The molecule has 0 fully saturated rings. The maximum atomic E-state index is 5.38. The Balaban J connectivity index is 2.58. The van der Waals surface area contributed by atoms with Crippen LogP contribution in [0, 0.1) is 6.92 Å². The molecule has 4 heteroatoms. The molecule has 66 valence electrons. The van der Waals surface area contributed by atoms with Crippen molar-refractivity contribution in [3.8, 4) is 5.75 Å². The molecule has 0 spiro atoms. The van der Waals surface area contributed by atoms with Crippen LogP contribution in [0.4, 0.5) is 0 Å². The maximum Gasteiger partial charge on any atom is 0.306 e. The zero-order chi connectivity index (χ0) is 8.97. The van der Waals surface area contributed by atoms with E-state index in [9.17, 15) is 0 Å². The molecule has 1 aromatic rings. The molecule has 2 nitrogen and oxygen atoms in total. The third kappa shape index (κ3) is 3.10. The van der Waals surface area contributed by atoms with Crippen LogP contribution >= 0.6 is 22.6 Å². The molecule has 0 aliphatic heterocycles. The second-order valence-corrected chi connectivity index (χ2v) is 5.01. The lowest BCUT2D eigenvalue weighted by Crippen LogP contribution is -1.83. The molecular weight excluding hydrogens is 239 g/mol. The van der Waals surface area contributed by atoms with Crippen LogP contribution < -0.4 is 4.52 Å². The number of benzene rings is 1. The van der Waals surface area contributed by atoms with Crippen molar-refractivity contribution in [1.29, 1.82) is 0 Å². The van der Waals surface area contributed by atoms with E-state index in [-0.39, 0.29) is 0 Å². The molecule has 0 heterocycles. The van der Waals surface area contributed by atoms with Crippen LogP contribution in [-0.2, 0) is 4.52 Å². The van der Waals surface area contributed by atoms with E-state index in [1.807, 2.05) is 31.2 Å². The molecule has 12 heavy (non-hydrogen) atoms. The van der Waals surface area contributed by atoms with E-state index in [1.54, 1.807) is 7.11 Å². The summed E-state index contributed by atoms with van der Waals surface area (Å²) in [4.78, 5) is 0. The van der Waals surface area contributed by atoms with Crippen molar-refractivity contribution < 1.29 is 9.05 Å². The van der Waals surface area contributed by atoms with Gasteiger partial charge in [-0.15, -0.1) is 0 Å². The Morgan fingerprint density at radius 2 is 1.83 bits per heavy atom. The second-order valence-electron chi connectivity index (χ2n) is 2.30. The number of halogens is 1. The largest absolute Gasteiger partial charge is 0.439 e. The van der Waals surface area contributed by atoms with Gasteiger partial charge in [-0.05, 0) is 19.1 Å². The Morgan fingerprint density at radius 1 is 1.25 bits per heavy atom. The summed E-state index contributed by atoms with van der Waals surface area (Å²) in [5, 5.41) is 0. The third-order valence-corrected chi connectivity index (χ3v) is 3.29. The summed E-state index contributed by atoms with van der Waals surface area (Å²) in [6.45, 7) is 2.04. The minimum atomic E-state index is -0.952. The van der Waals surface area contributed by atoms with Crippen LogP contribution in [0.2, 0.25) is 0 Å². The van der Waals surface area contributed by atoms with E-state index in [0.717, 1.165) is 5.75 Å². The van der Waals surface area contributed by atoms with Gasteiger partial charge in [0.2, 0.25) is 0 Å². The van der Waals surface area contributed by atoms with Gasteiger partial charge in [0.05, 0.1) is 0 Å². The van der Waals surface area contributed by atoms with Crippen LogP contribution in [0.1, 0.15) is 5.56 Å². The van der Waals surface area contributed by atoms with Gasteiger partial charge >= 0.3 is 7.08 Å². The molecule has 0 aliphatic rings. The van der Waals surface area contributed by atoms with E-state index in [1.165, 1.54) is 5.56 Å². The first kappa shape index (κ1) is 9.97. The van der Waals surface area contributed by atoms with Gasteiger partial charge in [-0.25, -0.2) is 0 Å². The van der Waals surface area contributed by atoms with E-state index in [0.29, 0.717) is 0 Å². The fourth-order valence-electron chi connectivity index (χ4n) is 0.719. The minimum Gasteiger partial charge on any atom is -0.439 e. The van der Waals surface area contributed by atoms with Crippen LogP contribution in [0.3, 0.4) is 0 Å². The first-order valence-electron chi connectivity index (χ1n) is 3.47. The molecule has 1 unspecified atom stereocenters. The number of hydrogen-bond acceptors (Lipinski definition) is 2. The topological polar surface area (TPSA) is 18.5 Å². The van der Waals surface area contributed by atoms with Gasteiger partial charge in [-0.1, -0.05) is 17.7 Å². The highest BCUT2D eigenvalue weighted by atomic mass is 79.9. The van der Waals surface area contributed by atoms with Crippen LogP contribution in [0.5, 0.6) is 5.75 Å². The van der Waals surface area contributed by atoms with Crippen molar-refractivity contribution in [2.24, 2.45) is 0 Å². The summed E-state index contributed by atoms with van der Waals surface area (Å²) in [7, 11) is 0.654. The lowest BCUT2D eigenvalue weighted by atomic mass is 10.2. The van der Waals surface area contributed by atoms with E-state index < -0.39 is 7.08 Å². The molecule has 0 bridgehead atoms.